The van der Waals surface area contributed by atoms with E-state index >= 15 is 0 Å². The van der Waals surface area contributed by atoms with Crippen molar-refractivity contribution in [3.8, 4) is 0 Å². The van der Waals surface area contributed by atoms with E-state index in [4.69, 9.17) is 5.11 Å². The molecule has 2 N–H and O–H groups in total. The van der Waals surface area contributed by atoms with Gasteiger partial charge in [0.2, 0.25) is 11.8 Å². The van der Waals surface area contributed by atoms with E-state index in [1.165, 1.54) is 11.8 Å². The van der Waals surface area contributed by atoms with Crippen molar-refractivity contribution in [1.82, 2.24) is 4.90 Å². The van der Waals surface area contributed by atoms with Gasteiger partial charge in [0.05, 0.1) is 13.2 Å². The molecular formula is C12H16N2O3. The lowest BCUT2D eigenvalue weighted by molar-refractivity contribution is -0.131. The second kappa shape index (κ2) is 6.00. The maximum atomic E-state index is 11.5. The highest BCUT2D eigenvalue weighted by atomic mass is 16.3. The Labute approximate surface area is 100 Å². The molecule has 0 saturated heterocycles. The first-order valence-electron chi connectivity index (χ1n) is 5.24. The third kappa shape index (κ3) is 4.24. The summed E-state index contributed by atoms with van der Waals surface area (Å²) in [6.07, 6.45) is 0. The van der Waals surface area contributed by atoms with E-state index < -0.39 is 0 Å². The number of nitrogens with zero attached hydrogens (tertiary/aromatic N) is 1. The fourth-order valence-corrected chi connectivity index (χ4v) is 1.22. The maximum Gasteiger partial charge on any atom is 0.243 e. The third-order valence-corrected chi connectivity index (χ3v) is 2.34. The average Bonchev–Trinajstić information content (AvgIpc) is 2.29. The highest BCUT2D eigenvalue weighted by molar-refractivity contribution is 5.94. The van der Waals surface area contributed by atoms with Crippen molar-refractivity contribution in [2.75, 3.05) is 18.9 Å². The maximum absolute atomic E-state index is 11.5. The van der Waals surface area contributed by atoms with Crippen molar-refractivity contribution in [2.45, 2.75) is 13.5 Å². The number of aliphatic hydroxyl groups is 1. The van der Waals surface area contributed by atoms with Gasteiger partial charge in [-0.25, -0.2) is 0 Å². The molecule has 0 bridgehead atoms. The molecule has 1 aromatic rings. The predicted octanol–water partition coefficient (Wildman–Crippen LogP) is 0.596. The molecule has 0 spiro atoms. The van der Waals surface area contributed by atoms with E-state index in [1.807, 2.05) is 0 Å². The quantitative estimate of drug-likeness (QED) is 0.804. The molecular weight excluding hydrogens is 220 g/mol. The molecule has 0 saturated carbocycles. The number of nitrogens with one attached hydrogen (secondary N) is 1. The number of carbonyl (C=O) groups is 2. The molecule has 0 unspecified atom stereocenters. The van der Waals surface area contributed by atoms with Crippen molar-refractivity contribution in [3.05, 3.63) is 29.8 Å². The largest absolute Gasteiger partial charge is 0.392 e. The zero-order valence-electron chi connectivity index (χ0n) is 9.93. The van der Waals surface area contributed by atoms with Gasteiger partial charge in [-0.05, 0) is 17.7 Å². The van der Waals surface area contributed by atoms with Crippen LogP contribution in [0.3, 0.4) is 0 Å². The van der Waals surface area contributed by atoms with Crippen LogP contribution in [-0.2, 0) is 16.2 Å². The van der Waals surface area contributed by atoms with Gasteiger partial charge in [-0.1, -0.05) is 12.1 Å². The van der Waals surface area contributed by atoms with Gasteiger partial charge in [0.25, 0.3) is 0 Å². The number of hydrogen-bond donors (Lipinski definition) is 2. The first kappa shape index (κ1) is 13.2. The van der Waals surface area contributed by atoms with E-state index in [-0.39, 0.29) is 25.0 Å². The van der Waals surface area contributed by atoms with Gasteiger partial charge in [0, 0.05) is 19.7 Å². The number of rotatable bonds is 4. The number of amides is 2. The number of benzene rings is 1. The minimum atomic E-state index is -0.251. The van der Waals surface area contributed by atoms with Gasteiger partial charge >= 0.3 is 0 Å². The summed E-state index contributed by atoms with van der Waals surface area (Å²) in [6, 6.07) is 6.86. The molecule has 0 aliphatic carbocycles. The highest BCUT2D eigenvalue weighted by Gasteiger charge is 2.08. The lowest BCUT2D eigenvalue weighted by Gasteiger charge is -2.14. The van der Waals surface area contributed by atoms with Gasteiger partial charge < -0.3 is 15.3 Å². The van der Waals surface area contributed by atoms with E-state index in [0.29, 0.717) is 5.69 Å². The molecule has 5 nitrogen and oxygen atoms in total. The Bertz CT molecular complexity index is 401. The second-order valence-electron chi connectivity index (χ2n) is 3.78. The molecule has 0 heterocycles. The van der Waals surface area contributed by atoms with Gasteiger partial charge in [-0.2, -0.15) is 0 Å². The summed E-state index contributed by atoms with van der Waals surface area (Å²) < 4.78 is 0. The topological polar surface area (TPSA) is 69.6 Å². The Balaban J connectivity index is 2.53. The number of anilines is 1. The average molecular weight is 236 g/mol. The van der Waals surface area contributed by atoms with Crippen molar-refractivity contribution in [2.24, 2.45) is 0 Å². The van der Waals surface area contributed by atoms with Gasteiger partial charge in [0.1, 0.15) is 0 Å². The van der Waals surface area contributed by atoms with E-state index in [2.05, 4.69) is 5.32 Å². The van der Waals surface area contributed by atoms with Crippen molar-refractivity contribution >= 4 is 17.5 Å². The molecule has 0 aliphatic rings. The summed E-state index contributed by atoms with van der Waals surface area (Å²) in [5.41, 5.74) is 1.42. The first-order valence-corrected chi connectivity index (χ1v) is 5.24. The minimum absolute atomic E-state index is 0.0249. The SMILES string of the molecule is CC(=O)N(C)CC(=O)Nc1ccc(CO)cc1. The molecule has 0 atom stereocenters. The Hall–Kier alpha value is -1.88. The van der Waals surface area contributed by atoms with Gasteiger partial charge in [-0.15, -0.1) is 0 Å². The molecule has 92 valence electrons. The first-order chi connectivity index (χ1) is 8.02. The fraction of sp³-hybridized carbons (Fsp3) is 0.333. The van der Waals surface area contributed by atoms with Crippen LogP contribution in [0.15, 0.2) is 24.3 Å². The number of likely N-dealkylation sites (N-methyl/N-ethyl adjacent to an activating group) is 1. The summed E-state index contributed by atoms with van der Waals surface area (Å²) in [4.78, 5) is 23.8. The minimum Gasteiger partial charge on any atom is -0.392 e. The van der Waals surface area contributed by atoms with Crippen LogP contribution in [0, 0.1) is 0 Å². The zero-order valence-corrected chi connectivity index (χ0v) is 9.93. The van der Waals surface area contributed by atoms with Crippen LogP contribution in [0.25, 0.3) is 0 Å². The van der Waals surface area contributed by atoms with Crippen molar-refractivity contribution < 1.29 is 14.7 Å². The van der Waals surface area contributed by atoms with Crippen LogP contribution in [0.2, 0.25) is 0 Å². The summed E-state index contributed by atoms with van der Waals surface area (Å²) in [5, 5.41) is 11.5. The van der Waals surface area contributed by atoms with Crippen LogP contribution in [-0.4, -0.2) is 35.4 Å². The molecule has 2 amide bonds. The standard InChI is InChI=1S/C12H16N2O3/c1-9(16)14(2)7-12(17)13-11-5-3-10(8-15)4-6-11/h3-6,15H,7-8H2,1-2H3,(H,13,17). The molecule has 1 rings (SSSR count). The van der Waals surface area contributed by atoms with E-state index in [1.54, 1.807) is 31.3 Å². The van der Waals surface area contributed by atoms with Crippen LogP contribution in [0.4, 0.5) is 5.69 Å². The van der Waals surface area contributed by atoms with Crippen LogP contribution < -0.4 is 5.32 Å². The lowest BCUT2D eigenvalue weighted by atomic mass is 10.2. The Morgan fingerprint density at radius 2 is 1.88 bits per heavy atom. The third-order valence-electron chi connectivity index (χ3n) is 2.34. The molecule has 0 fully saturated rings. The molecule has 5 heteroatoms. The Kier molecular flexibility index (Phi) is 4.66. The van der Waals surface area contributed by atoms with Crippen LogP contribution in [0.1, 0.15) is 12.5 Å². The molecule has 0 radical (unpaired) electrons. The summed E-state index contributed by atoms with van der Waals surface area (Å²) in [6.45, 7) is 1.40. The Morgan fingerprint density at radius 3 is 2.35 bits per heavy atom. The van der Waals surface area contributed by atoms with Crippen molar-refractivity contribution in [3.63, 3.8) is 0 Å². The summed E-state index contributed by atoms with van der Waals surface area (Å²) in [7, 11) is 1.57. The van der Waals surface area contributed by atoms with E-state index in [9.17, 15) is 9.59 Å². The Morgan fingerprint density at radius 1 is 1.29 bits per heavy atom. The van der Waals surface area contributed by atoms with E-state index in [0.717, 1.165) is 5.56 Å². The summed E-state index contributed by atoms with van der Waals surface area (Å²) >= 11 is 0. The van der Waals surface area contributed by atoms with Gasteiger partial charge in [0.15, 0.2) is 0 Å². The molecule has 1 aromatic carbocycles. The highest BCUT2D eigenvalue weighted by Crippen LogP contribution is 2.09. The molecule has 0 aliphatic heterocycles. The second-order valence-corrected chi connectivity index (χ2v) is 3.78. The van der Waals surface area contributed by atoms with Gasteiger partial charge in [-0.3, -0.25) is 9.59 Å². The monoisotopic (exact) mass is 236 g/mol. The van der Waals surface area contributed by atoms with Crippen LogP contribution in [0.5, 0.6) is 0 Å². The number of hydrogen-bond acceptors (Lipinski definition) is 3. The zero-order chi connectivity index (χ0) is 12.8. The van der Waals surface area contributed by atoms with Crippen molar-refractivity contribution in [1.29, 1.82) is 0 Å². The smallest absolute Gasteiger partial charge is 0.243 e. The van der Waals surface area contributed by atoms with Crippen LogP contribution >= 0.6 is 0 Å². The summed E-state index contributed by atoms with van der Waals surface area (Å²) in [5.74, 6) is -0.407. The molecule has 17 heavy (non-hydrogen) atoms. The fourth-order valence-electron chi connectivity index (χ4n) is 1.22. The number of carbonyl (C=O) groups excluding carboxylic acids is 2. The lowest BCUT2D eigenvalue weighted by Crippen LogP contribution is -2.33. The normalized spacial score (nSPS) is 9.82. The molecule has 0 aromatic heterocycles. The number of aliphatic hydroxyl groups excluding tert-OH is 1. The predicted molar refractivity (Wildman–Crippen MR) is 64.3 cm³/mol.